The third-order valence-electron chi connectivity index (χ3n) is 23.8. The highest BCUT2D eigenvalue weighted by Crippen LogP contribution is 2.46. The lowest BCUT2D eigenvalue weighted by molar-refractivity contribution is -0.176. The van der Waals surface area contributed by atoms with Crippen LogP contribution in [-0.2, 0) is 75.3 Å². The summed E-state index contributed by atoms with van der Waals surface area (Å²) in [4.78, 5) is 46.4. The average molecular weight is 1910 g/mol. The zero-order valence-electron chi connectivity index (χ0n) is 78.1. The van der Waals surface area contributed by atoms with Crippen LogP contribution >= 0.6 is 11.8 Å². The fraction of sp³-hybridized carbons (Fsp3) is 0.292. The van der Waals surface area contributed by atoms with Crippen LogP contribution in [0.15, 0.2) is 253 Å². The number of nitrogens with one attached hydrogen (secondary N) is 2. The average Bonchev–Trinajstić information content (AvgIpc) is 1.61. The van der Waals surface area contributed by atoms with Crippen LogP contribution in [-0.4, -0.2) is 162 Å². The van der Waals surface area contributed by atoms with Crippen LogP contribution in [0.25, 0.3) is 90.1 Å². The molecule has 19 rings (SSSR count). The van der Waals surface area contributed by atoms with Crippen molar-refractivity contribution in [3.05, 3.63) is 306 Å². The van der Waals surface area contributed by atoms with Crippen molar-refractivity contribution >= 4 is 40.2 Å². The molecule has 0 fully saturated rings. The Hall–Kier alpha value is -13.6. The number of benzene rings is 7. The summed E-state index contributed by atoms with van der Waals surface area (Å²) in [5, 5.41) is 37.4. The van der Waals surface area contributed by atoms with Crippen LogP contribution < -0.4 is 24.8 Å². The molecule has 12 heterocycles. The maximum absolute atomic E-state index is 13.7. The maximum Gasteiger partial charge on any atom is 0.300 e. The molecule has 26 nitrogen and oxygen atoms in total. The van der Waals surface area contributed by atoms with Gasteiger partial charge in [0.25, 0.3) is 5.97 Å². The maximum atomic E-state index is 13.7. The number of nitrogens with zero attached hydrogens (tertiary/aromatic N) is 12. The molecule has 138 heavy (non-hydrogen) atoms. The number of ether oxygens (including phenoxy) is 6. The number of carboxylic acid groups (broad SMARTS) is 1. The second kappa shape index (κ2) is 48.9. The van der Waals surface area contributed by atoms with Gasteiger partial charge in [-0.1, -0.05) is 50.2 Å². The van der Waals surface area contributed by atoms with E-state index < -0.39 is 16.8 Å². The summed E-state index contributed by atoms with van der Waals surface area (Å²) < 4.78 is 110. The first-order valence-corrected chi connectivity index (χ1v) is 48.4. The number of aryl methyl sites for hydroxylation is 4. The molecule has 0 saturated heterocycles. The highest BCUT2D eigenvalue weighted by molar-refractivity contribution is 7.98. The van der Waals surface area contributed by atoms with E-state index in [1.54, 1.807) is 100 Å². The van der Waals surface area contributed by atoms with E-state index in [0.29, 0.717) is 44.7 Å². The van der Waals surface area contributed by atoms with Crippen LogP contribution in [0.4, 0.5) is 29.2 Å². The first kappa shape index (κ1) is 100. The van der Waals surface area contributed by atoms with Gasteiger partial charge < -0.3 is 67.5 Å². The van der Waals surface area contributed by atoms with Crippen LogP contribution in [0.3, 0.4) is 0 Å². The van der Waals surface area contributed by atoms with Gasteiger partial charge in [0.05, 0.1) is 153 Å². The molecule has 718 valence electrons. The van der Waals surface area contributed by atoms with Crippen LogP contribution in [0.5, 0.6) is 17.2 Å². The predicted molar refractivity (Wildman–Crippen MR) is 528 cm³/mol. The summed E-state index contributed by atoms with van der Waals surface area (Å²) in [6.07, 6.45) is 19.9. The molecule has 7 aromatic carbocycles. The van der Waals surface area contributed by atoms with E-state index in [9.17, 15) is 26.9 Å². The smallest absolute Gasteiger partial charge is 0.300 e. The number of hydrogen-bond donors (Lipinski definition) is 6. The van der Waals surface area contributed by atoms with Crippen molar-refractivity contribution < 1.29 is 75.7 Å². The van der Waals surface area contributed by atoms with Gasteiger partial charge in [-0.05, 0) is 243 Å². The van der Waals surface area contributed by atoms with Gasteiger partial charge in [0.15, 0.2) is 0 Å². The molecule has 4 aliphatic heterocycles. The van der Waals surface area contributed by atoms with Gasteiger partial charge in [-0.2, -0.15) is 0 Å². The fourth-order valence-electron chi connectivity index (χ4n) is 17.2. The molecule has 0 amide bonds. The molecule has 4 aliphatic rings. The fourth-order valence-corrected chi connectivity index (χ4v) is 18.1. The number of halogens is 4. The molecule has 15 aromatic rings. The lowest BCUT2D eigenvalue weighted by Gasteiger charge is -2.18. The van der Waals surface area contributed by atoms with Gasteiger partial charge in [0.2, 0.25) is 0 Å². The van der Waals surface area contributed by atoms with Crippen molar-refractivity contribution in [2.24, 2.45) is 0 Å². The molecule has 0 radical (unpaired) electrons. The molecule has 0 bridgehead atoms. The van der Waals surface area contributed by atoms with Crippen molar-refractivity contribution in [3.8, 4) is 107 Å². The number of aromatic nitrogens is 12. The Morgan fingerprint density at radius 2 is 0.696 bits per heavy atom. The Morgan fingerprint density at radius 3 is 0.986 bits per heavy atom. The van der Waals surface area contributed by atoms with E-state index in [1.807, 2.05) is 128 Å². The summed E-state index contributed by atoms with van der Waals surface area (Å²) in [5.41, 5.74) is 18.0. The second-order valence-electron chi connectivity index (χ2n) is 33.1. The molecule has 1 unspecified atom stereocenters. The number of fused-ring (bicyclic) bond motifs is 4. The number of aliphatic carboxylic acids is 1. The van der Waals surface area contributed by atoms with E-state index in [1.165, 1.54) is 48.5 Å². The van der Waals surface area contributed by atoms with Gasteiger partial charge in [-0.25, -0.2) is 57.4 Å². The van der Waals surface area contributed by atoms with Gasteiger partial charge in [0.1, 0.15) is 80.5 Å². The highest BCUT2D eigenvalue weighted by atomic mass is 32.2. The number of rotatable bonds is 32. The number of methoxy groups -OCH3 is 3. The molecule has 32 heteroatoms. The number of thioether (sulfide) groups is 1. The largest absolute Gasteiger partial charge is 0.497 e. The number of imidazole rings is 4. The second-order valence-corrected chi connectivity index (χ2v) is 35.3. The Balaban J connectivity index is 0.000000145. The Labute approximate surface area is 806 Å². The van der Waals surface area contributed by atoms with Crippen molar-refractivity contribution in [1.29, 1.82) is 0 Å². The van der Waals surface area contributed by atoms with E-state index in [0.717, 1.165) is 248 Å². The highest BCUT2D eigenvalue weighted by Gasteiger charge is 2.36. The first-order chi connectivity index (χ1) is 67.3. The quantitative estimate of drug-likeness (QED) is 0.00987. The van der Waals surface area contributed by atoms with Gasteiger partial charge >= 0.3 is 0 Å². The molecule has 0 saturated carbocycles. The SMILES string of the molecule is CC(=O)O.CCCNc1cc(-c2c(-c3ccc(F)cc3)nc3n2[C@H](CO)CC3)ccn1.CCCNc1cc(-c2c(-c3ccc(F)cc3)nc3n2[C@H](COCc2ccc(OC)cc2)CC3)ccn1.COc1ccc(COC[C@@H]2CCc3nc(-c4ccc(F)cc4)c(-c4ccnc(S(C)=O)c4)n32)cc1.COc1ccc(COC[C@@H]2CCc3nc(-c4ccc(F)cc4)c(-c4ccnc(SC)c4)n32)cc1.OO. The number of anilines is 2. The lowest BCUT2D eigenvalue weighted by atomic mass is 10.0. The normalized spacial score (nSPS) is 14.7. The van der Waals surface area contributed by atoms with Crippen molar-refractivity contribution in [1.82, 2.24) is 58.1 Å². The predicted octanol–water partition coefficient (Wildman–Crippen LogP) is 21.8. The van der Waals surface area contributed by atoms with Gasteiger partial charge in [-0.3, -0.25) is 19.5 Å². The van der Waals surface area contributed by atoms with Crippen molar-refractivity contribution in [2.75, 3.05) is 84.0 Å². The Bertz CT molecular complexity index is 6530. The van der Waals surface area contributed by atoms with Crippen LogP contribution in [0.1, 0.15) is 123 Å². The summed E-state index contributed by atoms with van der Waals surface area (Å²) in [7, 11) is 3.76. The van der Waals surface area contributed by atoms with E-state index in [-0.39, 0.29) is 54.0 Å². The number of carbonyl (C=O) groups is 1. The third-order valence-corrected chi connectivity index (χ3v) is 25.3. The molecule has 5 atom stereocenters. The summed E-state index contributed by atoms with van der Waals surface area (Å²) in [5.74, 6) is 6.22. The Kier molecular flexibility index (Phi) is 35.6. The van der Waals surface area contributed by atoms with Gasteiger partial charge in [0, 0.05) is 121 Å². The van der Waals surface area contributed by atoms with E-state index >= 15 is 0 Å². The summed E-state index contributed by atoms with van der Waals surface area (Å²) >= 11 is 1.61. The minimum atomic E-state index is -1.21. The summed E-state index contributed by atoms with van der Waals surface area (Å²) in [6, 6.07) is 66.0. The molecule has 0 spiro atoms. The summed E-state index contributed by atoms with van der Waals surface area (Å²) in [6.45, 7) is 10.4. The minimum absolute atomic E-state index is 0.0110. The molecule has 6 N–H and O–H groups in total. The lowest BCUT2D eigenvalue weighted by Crippen LogP contribution is -2.13. The zero-order valence-corrected chi connectivity index (χ0v) is 79.7. The monoisotopic (exact) mass is 1910 g/mol. The molecule has 8 aromatic heterocycles. The first-order valence-electron chi connectivity index (χ1n) is 45.6. The van der Waals surface area contributed by atoms with Crippen LogP contribution in [0, 0.1) is 23.3 Å². The minimum Gasteiger partial charge on any atom is -0.497 e. The van der Waals surface area contributed by atoms with Crippen molar-refractivity contribution in [2.45, 2.75) is 139 Å². The number of aliphatic hydroxyl groups is 1. The molecular formula is C106H112F4N14O12S2. The third kappa shape index (κ3) is 25.1. The van der Waals surface area contributed by atoms with Crippen molar-refractivity contribution in [3.63, 3.8) is 0 Å². The van der Waals surface area contributed by atoms with E-state index in [2.05, 4.69) is 74.8 Å². The zero-order chi connectivity index (χ0) is 97.1. The molecular weight excluding hydrogens is 1800 g/mol. The van der Waals surface area contributed by atoms with E-state index in [4.69, 9.17) is 68.8 Å². The van der Waals surface area contributed by atoms with Crippen LogP contribution in [0.2, 0.25) is 0 Å². The number of pyridine rings is 4. The topological polar surface area (TPSA) is 317 Å². The number of carboxylic acids is 1. The number of aliphatic hydroxyl groups excluding tert-OH is 1. The number of hydrogen-bond acceptors (Lipinski definition) is 22. The standard InChI is InChI=1S/C29H31FN4O2.C27H26FN3O3S.C27H26FN3O2S.C21H23FN4O.C2H4O2.H2O2/c1-3-15-31-26-17-22(14-16-32-26)29-28(21-6-8-23(30)9-7-21)33-27-13-10-24(34(27)29)19-36-18-20-4-11-25(35-2)12-5-20;1-33-23-10-3-18(4-11-23)16-34-17-22-9-12-24-30-26(19-5-7-21(28)8-6-19)27(31(22)24)20-13-14-29-25(15-20)35(2)32;1-32-23-10-3-18(4-11-23)16-33-17-22-9-12-24-30-26(19-5-7-21(28)8-6-19)27(31(22)24)20-13-14-29-25(15-20)34-2;1-2-10-23-18-12-15(9-11-24-18)21-20(14-3-5-16(22)6-4-14)25-19-8-7-17(13-27)26(19)21;1-2(3)4;1-2/h4-9,11-12,14,16-17,24H,3,10,13,15,18-19H2,1-2H3,(H,31,32);3-8,10-11,13-15,22H,9,12,16-17H2,1-2H3;3-8,10-11,13-15,22H,9,12,16-17H2,1-2H3;3-6,9,11-12,17,27H,2,7-8,10,13H2,1H3,(H,23,24);1H3,(H,3,4);1-2H/t24-;22-,35?;22-;17-;;/m0000../s1. The molecule has 0 aliphatic carbocycles. The Morgan fingerprint density at radius 1 is 0.413 bits per heavy atom. The van der Waals surface area contributed by atoms with Gasteiger partial charge in [-0.15, -0.1) is 11.8 Å².